The van der Waals surface area contributed by atoms with Crippen molar-refractivity contribution in [3.8, 4) is 0 Å². The average molecular weight is 125 g/mol. The van der Waals surface area contributed by atoms with E-state index in [0.29, 0.717) is 0 Å². The highest BCUT2D eigenvalue weighted by Crippen LogP contribution is 2.13. The summed E-state index contributed by atoms with van der Waals surface area (Å²) in [5.74, 6) is 0. The lowest BCUT2D eigenvalue weighted by atomic mass is 10.4. The molecule has 3 heteroatoms. The van der Waals surface area contributed by atoms with Crippen LogP contribution >= 0.6 is 0 Å². The molecule has 0 aliphatic carbocycles. The average Bonchev–Trinajstić information content (AvgIpc) is 2.64. The van der Waals surface area contributed by atoms with Gasteiger partial charge in [-0.15, -0.1) is 0 Å². The molecule has 1 saturated heterocycles. The van der Waals surface area contributed by atoms with E-state index < -0.39 is 0 Å². The fourth-order valence-electron chi connectivity index (χ4n) is 0.649. The second-order valence-corrected chi connectivity index (χ2v) is 1.90. The van der Waals surface area contributed by atoms with Gasteiger partial charge in [-0.25, -0.2) is 5.43 Å². The first kappa shape index (κ1) is 6.16. The third-order valence-corrected chi connectivity index (χ3v) is 1.33. The first-order valence-electron chi connectivity index (χ1n) is 2.83. The first-order chi connectivity index (χ1) is 4.29. The molecule has 1 aliphatic heterocycles. The molecule has 9 heavy (non-hydrogen) atoms. The van der Waals surface area contributed by atoms with E-state index in [2.05, 4.69) is 23.9 Å². The molecule has 1 rings (SSSR count). The van der Waals surface area contributed by atoms with E-state index in [0.717, 1.165) is 5.70 Å². The van der Waals surface area contributed by atoms with E-state index in [1.54, 1.807) is 6.20 Å². The molecule has 1 unspecified atom stereocenters. The van der Waals surface area contributed by atoms with Gasteiger partial charge in [0.25, 0.3) is 0 Å². The fourth-order valence-corrected chi connectivity index (χ4v) is 0.649. The zero-order chi connectivity index (χ0) is 6.85. The van der Waals surface area contributed by atoms with Gasteiger partial charge in [-0.1, -0.05) is 13.2 Å². The fraction of sp³-hybridized carbons (Fsp3) is 0.333. The Morgan fingerprint density at radius 1 is 1.89 bits per heavy atom. The zero-order valence-electron chi connectivity index (χ0n) is 5.52. The van der Waals surface area contributed by atoms with Crippen molar-refractivity contribution in [1.29, 1.82) is 0 Å². The minimum Gasteiger partial charge on any atom is -0.389 e. The van der Waals surface area contributed by atoms with Crippen LogP contribution in [-0.2, 0) is 0 Å². The molecule has 2 N–H and O–H groups in total. The van der Waals surface area contributed by atoms with Gasteiger partial charge in [-0.2, -0.15) is 0 Å². The first-order valence-corrected chi connectivity index (χ1v) is 2.83. The van der Waals surface area contributed by atoms with Crippen LogP contribution in [0.25, 0.3) is 0 Å². The Labute approximate surface area is 55.0 Å². The van der Waals surface area contributed by atoms with Crippen LogP contribution in [0.3, 0.4) is 0 Å². The molecule has 0 radical (unpaired) electrons. The molecular formula is C6H11N3. The van der Waals surface area contributed by atoms with Crippen LogP contribution in [0, 0.1) is 0 Å². The third-order valence-electron chi connectivity index (χ3n) is 1.33. The summed E-state index contributed by atoms with van der Waals surface area (Å²) in [6.45, 7) is 7.35. The maximum absolute atomic E-state index is 3.77. The SMILES string of the molecule is C=CN1NC1C(=C)NC. The van der Waals surface area contributed by atoms with Crippen LogP contribution in [0.2, 0.25) is 0 Å². The quantitative estimate of drug-likeness (QED) is 0.522. The van der Waals surface area contributed by atoms with Gasteiger partial charge < -0.3 is 5.32 Å². The van der Waals surface area contributed by atoms with Crippen molar-refractivity contribution in [3.63, 3.8) is 0 Å². The Morgan fingerprint density at radius 2 is 2.56 bits per heavy atom. The van der Waals surface area contributed by atoms with Crippen molar-refractivity contribution in [2.24, 2.45) is 0 Å². The molecule has 0 aromatic rings. The summed E-state index contributed by atoms with van der Waals surface area (Å²) >= 11 is 0. The summed E-state index contributed by atoms with van der Waals surface area (Å²) in [6, 6.07) is 0. The number of hydrogen-bond donors (Lipinski definition) is 2. The van der Waals surface area contributed by atoms with Crippen LogP contribution in [0.15, 0.2) is 25.1 Å². The second kappa shape index (κ2) is 2.11. The second-order valence-electron chi connectivity index (χ2n) is 1.90. The topological polar surface area (TPSA) is 37.0 Å². The van der Waals surface area contributed by atoms with Gasteiger partial charge in [0, 0.05) is 18.9 Å². The molecule has 0 amide bonds. The number of hydrazine groups is 1. The van der Waals surface area contributed by atoms with Crippen molar-refractivity contribution < 1.29 is 0 Å². The number of rotatable bonds is 3. The van der Waals surface area contributed by atoms with E-state index in [-0.39, 0.29) is 6.17 Å². The standard InChI is InChI=1S/C6H11N3/c1-4-9-6(8-9)5(2)7-3/h4,6-8H,1-2H2,3H3. The number of nitrogens with zero attached hydrogens (tertiary/aromatic N) is 1. The van der Waals surface area contributed by atoms with Crippen LogP contribution < -0.4 is 10.7 Å². The highest BCUT2D eigenvalue weighted by molar-refractivity contribution is 5.09. The predicted octanol–water partition coefficient (Wildman–Crippen LogP) is 0.00930. The lowest BCUT2D eigenvalue weighted by molar-refractivity contribution is 0.664. The van der Waals surface area contributed by atoms with Gasteiger partial charge in [0.05, 0.1) is 0 Å². The molecule has 3 nitrogen and oxygen atoms in total. The van der Waals surface area contributed by atoms with Gasteiger partial charge in [-0.05, 0) is 0 Å². The summed E-state index contributed by atoms with van der Waals surface area (Å²) in [4.78, 5) is 0. The number of hydrogen-bond acceptors (Lipinski definition) is 3. The van der Waals surface area contributed by atoms with Crippen molar-refractivity contribution in [2.45, 2.75) is 6.17 Å². The van der Waals surface area contributed by atoms with Gasteiger partial charge in [0.15, 0.2) is 6.17 Å². The van der Waals surface area contributed by atoms with Crippen LogP contribution in [0.4, 0.5) is 0 Å². The number of likely N-dealkylation sites (N-methyl/N-ethyl adjacent to an activating group) is 1. The predicted molar refractivity (Wildman–Crippen MR) is 37.2 cm³/mol. The molecule has 1 aliphatic rings. The molecule has 0 aromatic heterocycles. The third kappa shape index (κ3) is 1.05. The largest absolute Gasteiger partial charge is 0.389 e. The molecular weight excluding hydrogens is 114 g/mol. The van der Waals surface area contributed by atoms with E-state index in [1.165, 1.54) is 0 Å². The lowest BCUT2D eigenvalue weighted by Crippen LogP contribution is -2.12. The molecule has 0 spiro atoms. The van der Waals surface area contributed by atoms with Gasteiger partial charge in [-0.3, -0.25) is 5.01 Å². The summed E-state index contributed by atoms with van der Waals surface area (Å²) in [5.41, 5.74) is 3.99. The minimum atomic E-state index is 0.257. The number of nitrogens with one attached hydrogen (secondary N) is 2. The van der Waals surface area contributed by atoms with E-state index >= 15 is 0 Å². The van der Waals surface area contributed by atoms with Gasteiger partial charge >= 0.3 is 0 Å². The van der Waals surface area contributed by atoms with Crippen molar-refractivity contribution in [3.05, 3.63) is 25.1 Å². The maximum atomic E-state index is 3.77. The molecule has 0 aromatic carbocycles. The molecule has 0 bridgehead atoms. The Kier molecular flexibility index (Phi) is 1.44. The Hall–Kier alpha value is -0.960. The Balaban J connectivity index is 2.33. The van der Waals surface area contributed by atoms with Crippen molar-refractivity contribution in [1.82, 2.24) is 15.8 Å². The molecule has 0 saturated carbocycles. The molecule has 50 valence electrons. The Bertz CT molecular complexity index is 141. The van der Waals surface area contributed by atoms with Crippen molar-refractivity contribution >= 4 is 0 Å². The van der Waals surface area contributed by atoms with Crippen LogP contribution in [0.1, 0.15) is 0 Å². The van der Waals surface area contributed by atoms with E-state index in [9.17, 15) is 0 Å². The van der Waals surface area contributed by atoms with Crippen molar-refractivity contribution in [2.75, 3.05) is 7.05 Å². The smallest absolute Gasteiger partial charge is 0.150 e. The van der Waals surface area contributed by atoms with E-state index in [4.69, 9.17) is 0 Å². The van der Waals surface area contributed by atoms with E-state index in [1.807, 2.05) is 12.1 Å². The highest BCUT2D eigenvalue weighted by Gasteiger charge is 2.31. The molecule has 1 heterocycles. The summed E-state index contributed by atoms with van der Waals surface area (Å²) in [5, 5.41) is 4.82. The lowest BCUT2D eigenvalue weighted by Gasteiger charge is -1.97. The Morgan fingerprint density at radius 3 is 2.89 bits per heavy atom. The summed E-state index contributed by atoms with van der Waals surface area (Å²) < 4.78 is 0. The summed E-state index contributed by atoms with van der Waals surface area (Å²) in [6.07, 6.45) is 1.99. The zero-order valence-corrected chi connectivity index (χ0v) is 5.52. The maximum Gasteiger partial charge on any atom is 0.150 e. The minimum absolute atomic E-state index is 0.257. The van der Waals surface area contributed by atoms with Crippen LogP contribution in [-0.4, -0.2) is 18.2 Å². The molecule has 1 atom stereocenters. The molecule has 1 fully saturated rings. The highest BCUT2D eigenvalue weighted by atomic mass is 15.7. The van der Waals surface area contributed by atoms with Crippen LogP contribution in [0.5, 0.6) is 0 Å². The normalized spacial score (nSPS) is 23.2. The monoisotopic (exact) mass is 125 g/mol. The summed E-state index contributed by atoms with van der Waals surface area (Å²) in [7, 11) is 1.85. The van der Waals surface area contributed by atoms with Gasteiger partial charge in [0.1, 0.15) is 0 Å². The van der Waals surface area contributed by atoms with Gasteiger partial charge in [0.2, 0.25) is 0 Å².